The highest BCUT2D eigenvalue weighted by Crippen LogP contribution is 2.28. The lowest BCUT2D eigenvalue weighted by Crippen LogP contribution is -2.42. The van der Waals surface area contributed by atoms with E-state index in [1.54, 1.807) is 0 Å². The van der Waals surface area contributed by atoms with Crippen LogP contribution in [0.4, 0.5) is 0 Å². The molecule has 0 aromatic carbocycles. The van der Waals surface area contributed by atoms with Gasteiger partial charge in [0.1, 0.15) is 0 Å². The predicted molar refractivity (Wildman–Crippen MR) is 189 cm³/mol. The lowest BCUT2D eigenvalue weighted by molar-refractivity contribution is 0.489. The Kier molecular flexibility index (Phi) is 25.1. The molecule has 2 saturated carbocycles. The molecule has 0 bridgehead atoms. The Hall–Kier alpha value is 0.510. The maximum absolute atomic E-state index is 11.3. The Morgan fingerprint density at radius 1 is 0.659 bits per heavy atom. The van der Waals surface area contributed by atoms with Gasteiger partial charge in [0.25, 0.3) is 0 Å². The predicted octanol–water partition coefficient (Wildman–Crippen LogP) is 4.20. The summed E-state index contributed by atoms with van der Waals surface area (Å²) in [6.07, 6.45) is 4.09. The molecule has 0 radical (unpaired) electrons. The molecule has 0 spiro atoms. The molecule has 2 aliphatic rings. The summed E-state index contributed by atoms with van der Waals surface area (Å²) in [5.41, 5.74) is 4.62. The van der Waals surface area contributed by atoms with Crippen LogP contribution in [0.25, 0.3) is 0 Å². The number of sulfonamides is 3. The van der Waals surface area contributed by atoms with Crippen molar-refractivity contribution in [2.75, 3.05) is 23.3 Å². The average molecular weight is 778 g/mol. The summed E-state index contributed by atoms with van der Waals surface area (Å²) in [4.78, 5) is 0. The quantitative estimate of drug-likeness (QED) is 0.185. The van der Waals surface area contributed by atoms with Crippen LogP contribution in [0.15, 0.2) is 0 Å². The zero-order valence-electron chi connectivity index (χ0n) is 26.9. The van der Waals surface area contributed by atoms with Crippen LogP contribution in [-0.2, 0) is 39.1 Å². The molecule has 19 heteroatoms. The first-order chi connectivity index (χ1) is 18.7. The van der Waals surface area contributed by atoms with Crippen molar-refractivity contribution >= 4 is 73.0 Å². The van der Waals surface area contributed by atoms with Crippen LogP contribution >= 0.6 is 33.9 Å². The van der Waals surface area contributed by atoms with E-state index in [9.17, 15) is 33.7 Å². The van der Waals surface area contributed by atoms with E-state index in [0.29, 0.717) is 24.6 Å². The summed E-state index contributed by atoms with van der Waals surface area (Å²) < 4.78 is 90.8. The smallest absolute Gasteiger partial charge is 0.232 e. The highest BCUT2D eigenvalue weighted by atomic mass is 35.7. The molecule has 0 heterocycles. The van der Waals surface area contributed by atoms with E-state index in [0.717, 1.165) is 25.7 Å². The van der Waals surface area contributed by atoms with Gasteiger partial charge in [-0.15, -0.1) is 23.2 Å². The second kappa shape index (κ2) is 21.5. The molecule has 0 aliphatic heterocycles. The van der Waals surface area contributed by atoms with Crippen molar-refractivity contribution in [1.29, 1.82) is 0 Å². The molecule has 44 heavy (non-hydrogen) atoms. The second-order valence-electron chi connectivity index (χ2n) is 13.2. The van der Waals surface area contributed by atoms with E-state index in [1.807, 2.05) is 62.3 Å². The van der Waals surface area contributed by atoms with Gasteiger partial charge < -0.3 is 5.73 Å². The van der Waals surface area contributed by atoms with E-state index in [-0.39, 0.29) is 40.5 Å². The number of hydrogen-bond acceptors (Lipinski definition) is 9. The van der Waals surface area contributed by atoms with Crippen LogP contribution in [0, 0.1) is 0 Å². The van der Waals surface area contributed by atoms with E-state index in [1.165, 1.54) is 0 Å². The minimum atomic E-state index is -3.30. The topological polar surface area (TPSA) is 213 Å². The Bertz CT molecular complexity index is 1200. The van der Waals surface area contributed by atoms with Crippen LogP contribution in [-0.4, -0.2) is 84.1 Å². The lowest BCUT2D eigenvalue weighted by atomic mass is 10.1. The minimum Gasteiger partial charge on any atom is -0.326 e. The van der Waals surface area contributed by atoms with Gasteiger partial charge in [-0.25, -0.2) is 48.3 Å². The van der Waals surface area contributed by atoms with Crippen molar-refractivity contribution in [2.24, 2.45) is 10.9 Å². The standard InChI is InChI=1S/C7H16ClNO2S.C7H15NO2S.C4H11N.C3H6Cl2O2S.C3H7NO2S.CH4/c1-7(2,3)9-12(10,11)6-4-5-8;1-7(2,3)8-11(9,10)6-4-5-6;1-4(2,3)5;4-2-1-3-8(5,6)7;4-7(5,6)3-1-2-3;/h9H,4-6H2,1-3H3;6,8H,4-5H2,1-3H3;5H2,1-3H3;1-3H2;3H,1-2H2,(H2,4,5,6);1H4. The van der Waals surface area contributed by atoms with Crippen molar-refractivity contribution < 1.29 is 33.7 Å². The maximum atomic E-state index is 11.3. The molecular weight excluding hydrogens is 719 g/mol. The molecule has 12 nitrogen and oxygen atoms in total. The number of halogens is 3. The van der Waals surface area contributed by atoms with Crippen molar-refractivity contribution in [2.45, 2.75) is 135 Å². The first kappa shape index (κ1) is 51.3. The largest absolute Gasteiger partial charge is 0.326 e. The Balaban J connectivity index is -0.000000233. The third-order valence-electron chi connectivity index (χ3n) is 3.93. The summed E-state index contributed by atoms with van der Waals surface area (Å²) >= 11 is 10.6. The summed E-state index contributed by atoms with van der Waals surface area (Å²) in [7, 11) is -7.73. The second-order valence-corrected chi connectivity index (χ2v) is 22.5. The number of alkyl halides is 2. The zero-order valence-corrected chi connectivity index (χ0v) is 32.4. The monoisotopic (exact) mass is 776 g/mol. The number of nitrogens with one attached hydrogen (secondary N) is 2. The van der Waals surface area contributed by atoms with Gasteiger partial charge in [-0.05, 0) is 101 Å². The van der Waals surface area contributed by atoms with Crippen molar-refractivity contribution in [1.82, 2.24) is 9.44 Å². The van der Waals surface area contributed by atoms with Crippen LogP contribution in [0.3, 0.4) is 0 Å². The number of primary sulfonamides is 1. The Labute approximate surface area is 284 Å². The molecule has 2 rings (SSSR count). The van der Waals surface area contributed by atoms with E-state index in [4.69, 9.17) is 44.8 Å². The molecule has 0 atom stereocenters. The molecule has 0 aromatic rings. The van der Waals surface area contributed by atoms with Gasteiger partial charge in [0.05, 0.1) is 22.0 Å². The highest BCUT2D eigenvalue weighted by molar-refractivity contribution is 8.13. The van der Waals surface area contributed by atoms with Gasteiger partial charge >= 0.3 is 0 Å². The van der Waals surface area contributed by atoms with Gasteiger partial charge in [-0.1, -0.05) is 7.43 Å². The molecule has 0 unspecified atom stereocenters. The van der Waals surface area contributed by atoms with Gasteiger partial charge in [0, 0.05) is 39.1 Å². The summed E-state index contributed by atoms with van der Waals surface area (Å²) in [5.74, 6) is 0.794. The Morgan fingerprint density at radius 3 is 1.16 bits per heavy atom. The normalized spacial score (nSPS) is 15.8. The van der Waals surface area contributed by atoms with Crippen molar-refractivity contribution in [3.63, 3.8) is 0 Å². The molecule has 2 aliphatic carbocycles. The van der Waals surface area contributed by atoms with Crippen LogP contribution < -0.4 is 20.3 Å². The van der Waals surface area contributed by atoms with Gasteiger partial charge in [0.2, 0.25) is 39.1 Å². The van der Waals surface area contributed by atoms with E-state index in [2.05, 4.69) is 9.44 Å². The van der Waals surface area contributed by atoms with Crippen LogP contribution in [0.2, 0.25) is 0 Å². The fourth-order valence-corrected chi connectivity index (χ4v) is 7.80. The summed E-state index contributed by atoms with van der Waals surface area (Å²) in [6, 6.07) is 0. The molecular formula is C25H59Cl3N4O8S4. The fourth-order valence-electron chi connectivity index (χ4n) is 2.27. The number of rotatable bonds is 10. The molecule has 0 amide bonds. The molecule has 6 N–H and O–H groups in total. The molecule has 0 saturated heterocycles. The molecule has 272 valence electrons. The van der Waals surface area contributed by atoms with E-state index >= 15 is 0 Å². The molecule has 0 aromatic heterocycles. The highest BCUT2D eigenvalue weighted by Gasteiger charge is 2.37. The van der Waals surface area contributed by atoms with Gasteiger partial charge in [-0.2, -0.15) is 0 Å². The first-order valence-electron chi connectivity index (χ1n) is 13.6. The molecule has 2 fully saturated rings. The Morgan fingerprint density at radius 2 is 0.977 bits per heavy atom. The lowest BCUT2D eigenvalue weighted by Gasteiger charge is -2.19. The average Bonchev–Trinajstić information content (AvgIpc) is 3.58. The number of hydrogen-bond donors (Lipinski definition) is 4. The summed E-state index contributed by atoms with van der Waals surface area (Å²) in [5, 5.41) is 4.40. The zero-order chi connectivity index (χ0) is 35.1. The maximum Gasteiger partial charge on any atom is 0.232 e. The van der Waals surface area contributed by atoms with Crippen LogP contribution in [0.5, 0.6) is 0 Å². The fraction of sp³-hybridized carbons (Fsp3) is 1.00. The van der Waals surface area contributed by atoms with E-state index < -0.39 is 44.7 Å². The van der Waals surface area contributed by atoms with Crippen molar-refractivity contribution in [3.8, 4) is 0 Å². The minimum absolute atomic E-state index is 0. The third-order valence-corrected chi connectivity index (χ3v) is 11.1. The summed E-state index contributed by atoms with van der Waals surface area (Å²) in [6.45, 7) is 16.9. The van der Waals surface area contributed by atoms with Crippen LogP contribution in [0.1, 0.15) is 108 Å². The SMILES string of the molecule is C.CC(C)(C)N.CC(C)(C)NS(=O)(=O)C1CC1.CC(C)(C)NS(=O)(=O)CCCCl.NS(=O)(=O)C1CC1.O=S(=O)(Cl)CCCCl. The first-order valence-corrected chi connectivity index (χ1v) is 22.0. The van der Waals surface area contributed by atoms with Crippen molar-refractivity contribution in [3.05, 3.63) is 0 Å². The third kappa shape index (κ3) is 44.6. The van der Waals surface area contributed by atoms with Gasteiger partial charge in [0.15, 0.2) is 0 Å². The van der Waals surface area contributed by atoms with Gasteiger partial charge in [-0.3, -0.25) is 0 Å². The number of nitrogens with two attached hydrogens (primary N) is 2.